The second kappa shape index (κ2) is 11.3. The zero-order valence-corrected chi connectivity index (χ0v) is 17.0. The van der Waals surface area contributed by atoms with Gasteiger partial charge in [0, 0.05) is 31.2 Å². The third-order valence-electron chi connectivity index (χ3n) is 3.31. The molecule has 3 N–H and O–H groups in total. The number of nitrogens with zero attached hydrogens (tertiary/aromatic N) is 1. The number of amides is 1. The molecule has 0 saturated heterocycles. The van der Waals surface area contributed by atoms with Crippen molar-refractivity contribution in [2.75, 3.05) is 7.05 Å². The van der Waals surface area contributed by atoms with Crippen LogP contribution in [0, 0.1) is 0 Å². The second-order valence-corrected chi connectivity index (χ2v) is 5.70. The van der Waals surface area contributed by atoms with Gasteiger partial charge in [-0.05, 0) is 44.9 Å². The Morgan fingerprint density at radius 1 is 1.13 bits per heavy atom. The molecule has 0 bridgehead atoms. The Morgan fingerprint density at radius 2 is 1.74 bits per heavy atom. The Morgan fingerprint density at radius 3 is 2.22 bits per heavy atom. The molecule has 1 atom stereocenters. The molecule has 1 unspecified atom stereocenters. The summed E-state index contributed by atoms with van der Waals surface area (Å²) in [6.45, 7) is 8.86. The molecule has 0 heterocycles. The van der Waals surface area contributed by atoms with Crippen LogP contribution in [0.25, 0.3) is 0 Å². The van der Waals surface area contributed by atoms with Crippen molar-refractivity contribution in [1.29, 1.82) is 0 Å². The van der Waals surface area contributed by atoms with Crippen molar-refractivity contribution in [1.82, 2.24) is 16.0 Å². The minimum Gasteiger partial charge on any atom is -0.354 e. The minimum absolute atomic E-state index is 0. The van der Waals surface area contributed by atoms with Gasteiger partial charge in [-0.3, -0.25) is 9.79 Å². The molecule has 5 nitrogen and oxygen atoms in total. The van der Waals surface area contributed by atoms with Crippen molar-refractivity contribution in [3.05, 3.63) is 35.4 Å². The largest absolute Gasteiger partial charge is 0.354 e. The van der Waals surface area contributed by atoms with Crippen LogP contribution in [0.4, 0.5) is 0 Å². The molecule has 0 aliphatic rings. The number of carbonyl (C=O) groups excluding carboxylic acids is 1. The summed E-state index contributed by atoms with van der Waals surface area (Å²) < 4.78 is 0. The van der Waals surface area contributed by atoms with E-state index < -0.39 is 0 Å². The van der Waals surface area contributed by atoms with Gasteiger partial charge >= 0.3 is 0 Å². The number of carbonyl (C=O) groups is 1. The standard InChI is InChI=1S/C17H28N4O.HI/c1-6-13(4)21-16(22)15-9-7-14(8-10-15)11-19-17(18-5)20-12(2)3;/h7-10,12-13H,6,11H2,1-5H3,(H,21,22)(H2,18,19,20);1H. The predicted octanol–water partition coefficient (Wildman–Crippen LogP) is 2.91. The van der Waals surface area contributed by atoms with Gasteiger partial charge in [-0.25, -0.2) is 0 Å². The van der Waals surface area contributed by atoms with Crippen molar-refractivity contribution in [2.45, 2.75) is 52.7 Å². The van der Waals surface area contributed by atoms with Gasteiger partial charge in [-0.2, -0.15) is 0 Å². The first-order valence-electron chi connectivity index (χ1n) is 7.83. The van der Waals surface area contributed by atoms with E-state index in [9.17, 15) is 4.79 Å². The maximum atomic E-state index is 12.0. The van der Waals surface area contributed by atoms with Gasteiger partial charge in [0.2, 0.25) is 0 Å². The summed E-state index contributed by atoms with van der Waals surface area (Å²) >= 11 is 0. The topological polar surface area (TPSA) is 65.5 Å². The lowest BCUT2D eigenvalue weighted by Crippen LogP contribution is -2.40. The molecular weight excluding hydrogens is 403 g/mol. The summed E-state index contributed by atoms with van der Waals surface area (Å²) in [6, 6.07) is 8.15. The van der Waals surface area contributed by atoms with Crippen LogP contribution < -0.4 is 16.0 Å². The lowest BCUT2D eigenvalue weighted by atomic mass is 10.1. The van der Waals surface area contributed by atoms with E-state index >= 15 is 0 Å². The molecule has 6 heteroatoms. The van der Waals surface area contributed by atoms with Crippen LogP contribution in [0.1, 0.15) is 50.0 Å². The van der Waals surface area contributed by atoms with E-state index in [1.165, 1.54) is 0 Å². The molecule has 1 rings (SSSR count). The van der Waals surface area contributed by atoms with Gasteiger partial charge < -0.3 is 16.0 Å². The molecule has 1 amide bonds. The van der Waals surface area contributed by atoms with Crippen molar-refractivity contribution in [3.63, 3.8) is 0 Å². The lowest BCUT2D eigenvalue weighted by molar-refractivity contribution is 0.0939. The number of benzene rings is 1. The second-order valence-electron chi connectivity index (χ2n) is 5.70. The van der Waals surface area contributed by atoms with Crippen LogP contribution in [-0.2, 0) is 6.54 Å². The van der Waals surface area contributed by atoms with Gasteiger partial charge in [-0.15, -0.1) is 24.0 Å². The van der Waals surface area contributed by atoms with E-state index in [0.717, 1.165) is 17.9 Å². The molecule has 130 valence electrons. The van der Waals surface area contributed by atoms with E-state index in [-0.39, 0.29) is 35.9 Å². The molecule has 0 fully saturated rings. The number of hydrogen-bond donors (Lipinski definition) is 3. The zero-order valence-electron chi connectivity index (χ0n) is 14.6. The van der Waals surface area contributed by atoms with Crippen LogP contribution in [0.3, 0.4) is 0 Å². The first-order chi connectivity index (χ1) is 10.5. The lowest BCUT2D eigenvalue weighted by Gasteiger charge is -2.15. The summed E-state index contributed by atoms with van der Waals surface area (Å²) in [6.07, 6.45) is 0.926. The highest BCUT2D eigenvalue weighted by Crippen LogP contribution is 2.05. The third-order valence-corrected chi connectivity index (χ3v) is 3.31. The number of hydrogen-bond acceptors (Lipinski definition) is 2. The summed E-state index contributed by atoms with van der Waals surface area (Å²) in [5, 5.41) is 9.44. The van der Waals surface area contributed by atoms with E-state index in [1.54, 1.807) is 7.05 Å². The van der Waals surface area contributed by atoms with Crippen LogP contribution in [0.5, 0.6) is 0 Å². The number of guanidine groups is 1. The highest BCUT2D eigenvalue weighted by atomic mass is 127. The Balaban J connectivity index is 0.00000484. The highest BCUT2D eigenvalue weighted by Gasteiger charge is 2.08. The minimum atomic E-state index is -0.0221. The predicted molar refractivity (Wildman–Crippen MR) is 108 cm³/mol. The Kier molecular flexibility index (Phi) is 10.6. The Hall–Kier alpha value is -1.31. The molecule has 1 aromatic rings. The maximum Gasteiger partial charge on any atom is 0.251 e. The van der Waals surface area contributed by atoms with Crippen LogP contribution in [0.2, 0.25) is 0 Å². The van der Waals surface area contributed by atoms with Crippen molar-refractivity contribution in [3.8, 4) is 0 Å². The zero-order chi connectivity index (χ0) is 16.5. The first kappa shape index (κ1) is 21.7. The molecule has 0 spiro atoms. The van der Waals surface area contributed by atoms with Gasteiger partial charge in [0.05, 0.1) is 0 Å². The quantitative estimate of drug-likeness (QED) is 0.368. The smallest absolute Gasteiger partial charge is 0.251 e. The molecule has 0 saturated carbocycles. The summed E-state index contributed by atoms with van der Waals surface area (Å²) in [7, 11) is 1.75. The number of rotatable bonds is 6. The van der Waals surface area contributed by atoms with E-state index in [4.69, 9.17) is 0 Å². The highest BCUT2D eigenvalue weighted by molar-refractivity contribution is 14.0. The maximum absolute atomic E-state index is 12.0. The van der Waals surface area contributed by atoms with Crippen LogP contribution >= 0.6 is 24.0 Å². The van der Waals surface area contributed by atoms with Gasteiger partial charge in [0.1, 0.15) is 0 Å². The summed E-state index contributed by atoms with van der Waals surface area (Å²) in [5.41, 5.74) is 1.79. The fraction of sp³-hybridized carbons (Fsp3) is 0.529. The van der Waals surface area contributed by atoms with E-state index in [2.05, 4.69) is 41.7 Å². The van der Waals surface area contributed by atoms with Crippen molar-refractivity contribution < 1.29 is 4.79 Å². The molecule has 0 aromatic heterocycles. The Bertz CT molecular complexity index is 500. The molecular formula is C17H29IN4O. The SMILES string of the molecule is CCC(C)NC(=O)c1ccc(CNC(=NC)NC(C)C)cc1.I. The third kappa shape index (κ3) is 8.20. The average Bonchev–Trinajstić information content (AvgIpc) is 2.51. The van der Waals surface area contributed by atoms with Gasteiger partial charge in [0.15, 0.2) is 5.96 Å². The van der Waals surface area contributed by atoms with Crippen molar-refractivity contribution >= 4 is 35.8 Å². The van der Waals surface area contributed by atoms with Gasteiger partial charge in [-0.1, -0.05) is 19.1 Å². The van der Waals surface area contributed by atoms with Gasteiger partial charge in [0.25, 0.3) is 5.91 Å². The molecule has 0 radical (unpaired) electrons. The summed E-state index contributed by atoms with van der Waals surface area (Å²) in [4.78, 5) is 16.2. The fourth-order valence-corrected chi connectivity index (χ4v) is 1.84. The van der Waals surface area contributed by atoms with E-state index in [0.29, 0.717) is 18.2 Å². The first-order valence-corrected chi connectivity index (χ1v) is 7.83. The fourth-order valence-electron chi connectivity index (χ4n) is 1.84. The van der Waals surface area contributed by atoms with Crippen molar-refractivity contribution in [2.24, 2.45) is 4.99 Å². The normalized spacial score (nSPS) is 12.3. The number of nitrogens with one attached hydrogen (secondary N) is 3. The average molecular weight is 432 g/mol. The van der Waals surface area contributed by atoms with Crippen LogP contribution in [0.15, 0.2) is 29.3 Å². The van der Waals surface area contributed by atoms with E-state index in [1.807, 2.05) is 31.2 Å². The Labute approximate surface area is 156 Å². The monoisotopic (exact) mass is 432 g/mol. The van der Waals surface area contributed by atoms with Crippen LogP contribution in [-0.4, -0.2) is 31.0 Å². The molecule has 1 aromatic carbocycles. The molecule has 0 aliphatic carbocycles. The number of halogens is 1. The molecule has 0 aliphatic heterocycles. The number of aliphatic imine (C=N–C) groups is 1. The molecule has 23 heavy (non-hydrogen) atoms. The summed E-state index contributed by atoms with van der Waals surface area (Å²) in [5.74, 6) is 0.750.